The lowest BCUT2D eigenvalue weighted by Gasteiger charge is -2.09. The van der Waals surface area contributed by atoms with Gasteiger partial charge in [0.05, 0.1) is 30.0 Å². The van der Waals surface area contributed by atoms with Gasteiger partial charge in [-0.2, -0.15) is 5.26 Å². The average Bonchev–Trinajstić information content (AvgIpc) is 2.99. The second-order valence-electron chi connectivity index (χ2n) is 6.58. The quantitative estimate of drug-likeness (QED) is 0.407. The molecule has 1 aliphatic carbocycles. The second-order valence-corrected chi connectivity index (χ2v) is 8.40. The highest BCUT2D eigenvalue weighted by molar-refractivity contribution is 8.00. The number of hydrogen-bond acceptors (Lipinski definition) is 8. The molecule has 0 unspecified atom stereocenters. The number of nitriles is 1. The standard InChI is InChI=1S/C20H22N4O3S2/c1-2-27-18(26)9-15-11-29-20(22-15)24-17(25)12-28-19-14(10-21)8-13-6-4-3-5-7-16(13)23-19/h8,11H,2-7,9,12H2,1H3,(H,22,24,25). The fourth-order valence-corrected chi connectivity index (χ4v) is 4.58. The van der Waals surface area contributed by atoms with Gasteiger partial charge in [-0.15, -0.1) is 11.3 Å². The first-order valence-electron chi connectivity index (χ1n) is 9.54. The molecule has 152 valence electrons. The maximum absolute atomic E-state index is 12.3. The molecule has 0 aromatic carbocycles. The summed E-state index contributed by atoms with van der Waals surface area (Å²) < 4.78 is 4.89. The lowest BCUT2D eigenvalue weighted by atomic mass is 10.1. The van der Waals surface area contributed by atoms with Crippen molar-refractivity contribution in [2.45, 2.75) is 50.5 Å². The van der Waals surface area contributed by atoms with E-state index in [0.717, 1.165) is 36.9 Å². The van der Waals surface area contributed by atoms with Crippen molar-refractivity contribution in [1.82, 2.24) is 9.97 Å². The normalized spacial score (nSPS) is 13.1. The second kappa shape index (κ2) is 10.4. The first-order valence-corrected chi connectivity index (χ1v) is 11.4. The number of amides is 1. The van der Waals surface area contributed by atoms with Crippen LogP contribution in [0.2, 0.25) is 0 Å². The Hall–Kier alpha value is -2.44. The Morgan fingerprint density at radius 3 is 2.93 bits per heavy atom. The molecule has 29 heavy (non-hydrogen) atoms. The van der Waals surface area contributed by atoms with Crippen LogP contribution in [-0.2, 0) is 33.6 Å². The number of nitrogens with one attached hydrogen (secondary N) is 1. The van der Waals surface area contributed by atoms with Crippen LogP contribution in [0.4, 0.5) is 5.13 Å². The SMILES string of the molecule is CCOC(=O)Cc1csc(NC(=O)CSc2nc3c(cc2C#N)CCCCC3)n1. The van der Waals surface area contributed by atoms with Crippen molar-refractivity contribution in [2.75, 3.05) is 17.7 Å². The smallest absolute Gasteiger partial charge is 0.311 e. The van der Waals surface area contributed by atoms with Crippen molar-refractivity contribution in [3.8, 4) is 6.07 Å². The maximum Gasteiger partial charge on any atom is 0.311 e. The van der Waals surface area contributed by atoms with Crippen LogP contribution >= 0.6 is 23.1 Å². The molecule has 2 aromatic heterocycles. The monoisotopic (exact) mass is 430 g/mol. The van der Waals surface area contributed by atoms with Gasteiger partial charge in [0.25, 0.3) is 0 Å². The molecule has 2 aromatic rings. The zero-order valence-corrected chi connectivity index (χ0v) is 17.8. The largest absolute Gasteiger partial charge is 0.466 e. The third kappa shape index (κ3) is 6.02. The predicted octanol–water partition coefficient (Wildman–Crippen LogP) is 3.52. The van der Waals surface area contributed by atoms with Gasteiger partial charge in [0.15, 0.2) is 5.13 Å². The van der Waals surface area contributed by atoms with Crippen molar-refractivity contribution in [3.05, 3.63) is 34.0 Å². The number of hydrogen-bond donors (Lipinski definition) is 1. The van der Waals surface area contributed by atoms with Gasteiger partial charge in [0, 0.05) is 11.1 Å². The number of aryl methyl sites for hydroxylation is 2. The van der Waals surface area contributed by atoms with E-state index < -0.39 is 0 Å². The number of aromatic nitrogens is 2. The Balaban J connectivity index is 1.58. The van der Waals surface area contributed by atoms with Gasteiger partial charge in [-0.3, -0.25) is 9.59 Å². The molecular weight excluding hydrogens is 408 g/mol. The summed E-state index contributed by atoms with van der Waals surface area (Å²) in [4.78, 5) is 32.7. The summed E-state index contributed by atoms with van der Waals surface area (Å²) in [6.07, 6.45) is 5.37. The van der Waals surface area contributed by atoms with Gasteiger partial charge < -0.3 is 10.1 Å². The zero-order valence-electron chi connectivity index (χ0n) is 16.2. The maximum atomic E-state index is 12.3. The van der Waals surface area contributed by atoms with E-state index in [1.165, 1.54) is 29.5 Å². The van der Waals surface area contributed by atoms with Gasteiger partial charge in [0.2, 0.25) is 5.91 Å². The Labute approximate surface area is 177 Å². The molecule has 0 aliphatic heterocycles. The summed E-state index contributed by atoms with van der Waals surface area (Å²) in [6.45, 7) is 2.07. The fourth-order valence-electron chi connectivity index (χ4n) is 3.08. The molecule has 0 bridgehead atoms. The van der Waals surface area contributed by atoms with E-state index in [-0.39, 0.29) is 24.1 Å². The summed E-state index contributed by atoms with van der Waals surface area (Å²) >= 11 is 2.52. The number of pyridine rings is 1. The number of ether oxygens (including phenoxy) is 1. The molecule has 0 atom stereocenters. The molecule has 1 N–H and O–H groups in total. The number of nitrogens with zero attached hydrogens (tertiary/aromatic N) is 3. The predicted molar refractivity (Wildman–Crippen MR) is 112 cm³/mol. The highest BCUT2D eigenvalue weighted by atomic mass is 32.2. The van der Waals surface area contributed by atoms with Gasteiger partial charge >= 0.3 is 5.97 Å². The summed E-state index contributed by atoms with van der Waals surface area (Å²) in [6, 6.07) is 4.13. The number of anilines is 1. The molecular formula is C20H22N4O3S2. The van der Waals surface area contributed by atoms with E-state index in [1.54, 1.807) is 12.3 Å². The van der Waals surface area contributed by atoms with Crippen LogP contribution in [0.25, 0.3) is 0 Å². The van der Waals surface area contributed by atoms with Gasteiger partial charge in [-0.1, -0.05) is 18.2 Å². The van der Waals surface area contributed by atoms with Gasteiger partial charge in [0.1, 0.15) is 11.1 Å². The van der Waals surface area contributed by atoms with Crippen LogP contribution in [0.15, 0.2) is 16.5 Å². The van der Waals surface area contributed by atoms with Gasteiger partial charge in [-0.25, -0.2) is 9.97 Å². The van der Waals surface area contributed by atoms with Gasteiger partial charge in [-0.05, 0) is 44.2 Å². The van der Waals surface area contributed by atoms with E-state index in [1.807, 2.05) is 6.07 Å². The summed E-state index contributed by atoms with van der Waals surface area (Å²) in [5.74, 6) is -0.440. The topological polar surface area (TPSA) is 105 Å². The zero-order chi connectivity index (χ0) is 20.6. The summed E-state index contributed by atoms with van der Waals surface area (Å²) in [5.41, 5.74) is 3.29. The number of esters is 1. The molecule has 9 heteroatoms. The number of carbonyl (C=O) groups is 2. The number of thiazole rings is 1. The van der Waals surface area contributed by atoms with E-state index in [9.17, 15) is 14.9 Å². The first kappa shape index (κ1) is 21.3. The molecule has 0 radical (unpaired) electrons. The number of thioether (sulfide) groups is 1. The third-order valence-electron chi connectivity index (χ3n) is 4.41. The molecule has 7 nitrogen and oxygen atoms in total. The van der Waals surface area contributed by atoms with Crippen LogP contribution < -0.4 is 5.32 Å². The van der Waals surface area contributed by atoms with Crippen molar-refractivity contribution in [1.29, 1.82) is 5.26 Å². The lowest BCUT2D eigenvalue weighted by molar-refractivity contribution is -0.142. The summed E-state index contributed by atoms with van der Waals surface area (Å²) in [7, 11) is 0. The van der Waals surface area contributed by atoms with E-state index in [0.29, 0.717) is 28.0 Å². The summed E-state index contributed by atoms with van der Waals surface area (Å²) in [5, 5.41) is 14.9. The first-order chi connectivity index (χ1) is 14.1. The Morgan fingerprint density at radius 2 is 2.14 bits per heavy atom. The Bertz CT molecular complexity index is 936. The van der Waals surface area contributed by atoms with Crippen molar-refractivity contribution in [3.63, 3.8) is 0 Å². The van der Waals surface area contributed by atoms with Crippen molar-refractivity contribution >= 4 is 40.1 Å². The molecule has 3 rings (SSSR count). The molecule has 2 heterocycles. The van der Waals surface area contributed by atoms with Crippen LogP contribution in [0, 0.1) is 11.3 Å². The van der Waals surface area contributed by atoms with E-state index in [2.05, 4.69) is 21.4 Å². The highest BCUT2D eigenvalue weighted by Gasteiger charge is 2.16. The molecule has 1 aliphatic rings. The van der Waals surface area contributed by atoms with E-state index >= 15 is 0 Å². The van der Waals surface area contributed by atoms with Crippen LogP contribution in [0.5, 0.6) is 0 Å². The molecule has 0 saturated heterocycles. The van der Waals surface area contributed by atoms with Crippen LogP contribution in [0.1, 0.15) is 48.7 Å². The fraction of sp³-hybridized carbons (Fsp3) is 0.450. The number of fused-ring (bicyclic) bond motifs is 1. The van der Waals surface area contributed by atoms with Crippen molar-refractivity contribution < 1.29 is 14.3 Å². The van der Waals surface area contributed by atoms with Crippen LogP contribution in [-0.4, -0.2) is 34.2 Å². The minimum absolute atomic E-state index is 0.0829. The Morgan fingerprint density at radius 1 is 1.31 bits per heavy atom. The third-order valence-corrected chi connectivity index (χ3v) is 6.20. The molecule has 0 fully saturated rings. The van der Waals surface area contributed by atoms with Crippen LogP contribution in [0.3, 0.4) is 0 Å². The lowest BCUT2D eigenvalue weighted by Crippen LogP contribution is -2.14. The number of carbonyl (C=O) groups excluding carboxylic acids is 2. The molecule has 0 saturated carbocycles. The van der Waals surface area contributed by atoms with Crippen molar-refractivity contribution in [2.24, 2.45) is 0 Å². The minimum Gasteiger partial charge on any atom is -0.466 e. The Kier molecular flexibility index (Phi) is 7.61. The average molecular weight is 431 g/mol. The minimum atomic E-state index is -0.343. The highest BCUT2D eigenvalue weighted by Crippen LogP contribution is 2.27. The molecule has 1 amide bonds. The number of rotatable bonds is 7. The molecule has 0 spiro atoms. The van der Waals surface area contributed by atoms with E-state index in [4.69, 9.17) is 4.74 Å².